The Bertz CT molecular complexity index is 705. The van der Waals surface area contributed by atoms with Crippen molar-refractivity contribution in [1.82, 2.24) is 10.2 Å². The number of nitrogens with two attached hydrogens (primary N) is 1. The van der Waals surface area contributed by atoms with Gasteiger partial charge in [0.15, 0.2) is 0 Å². The van der Waals surface area contributed by atoms with E-state index in [9.17, 15) is 8.42 Å². The lowest BCUT2D eigenvalue weighted by molar-refractivity contribution is 0.601. The zero-order chi connectivity index (χ0) is 14.2. The van der Waals surface area contributed by atoms with E-state index in [-0.39, 0.29) is 10.6 Å². The summed E-state index contributed by atoms with van der Waals surface area (Å²) in [6.45, 7) is 3.45. The van der Waals surface area contributed by atoms with Crippen LogP contribution in [0.25, 0.3) is 0 Å². The van der Waals surface area contributed by atoms with Crippen LogP contribution in [0.4, 0.5) is 11.4 Å². The number of aromatic amines is 1. The van der Waals surface area contributed by atoms with E-state index in [4.69, 9.17) is 5.73 Å². The fourth-order valence-electron chi connectivity index (χ4n) is 1.63. The quantitative estimate of drug-likeness (QED) is 0.742. The lowest BCUT2D eigenvalue weighted by atomic mass is 10.3. The number of anilines is 2. The van der Waals surface area contributed by atoms with E-state index in [0.717, 1.165) is 0 Å². The van der Waals surface area contributed by atoms with Crippen molar-refractivity contribution in [2.45, 2.75) is 18.7 Å². The summed E-state index contributed by atoms with van der Waals surface area (Å²) in [6.07, 6.45) is 0. The number of nitrogens with one attached hydrogen (secondary N) is 2. The molecule has 0 radical (unpaired) electrons. The van der Waals surface area contributed by atoms with E-state index < -0.39 is 10.0 Å². The maximum atomic E-state index is 12.3. The van der Waals surface area contributed by atoms with Gasteiger partial charge in [-0.05, 0) is 32.0 Å². The average Bonchev–Trinajstić information content (AvgIpc) is 2.63. The first-order valence-corrected chi connectivity index (χ1v) is 7.68. The van der Waals surface area contributed by atoms with Crippen LogP contribution in [0.15, 0.2) is 27.6 Å². The minimum absolute atomic E-state index is 0.0295. The first-order valence-electron chi connectivity index (χ1n) is 5.40. The summed E-state index contributed by atoms with van der Waals surface area (Å²) >= 11 is 3.23. The van der Waals surface area contributed by atoms with Crippen LogP contribution in [0.1, 0.15) is 11.4 Å². The van der Waals surface area contributed by atoms with Crippen molar-refractivity contribution < 1.29 is 8.42 Å². The number of nitrogen functional groups attached to an aromatic ring is 1. The van der Waals surface area contributed by atoms with Gasteiger partial charge in [0, 0.05) is 4.47 Å². The van der Waals surface area contributed by atoms with Gasteiger partial charge in [0.1, 0.15) is 4.90 Å². The van der Waals surface area contributed by atoms with E-state index >= 15 is 0 Å². The second-order valence-electron chi connectivity index (χ2n) is 4.10. The maximum Gasteiger partial charge on any atom is 0.264 e. The van der Waals surface area contributed by atoms with Gasteiger partial charge in [-0.25, -0.2) is 8.42 Å². The highest BCUT2D eigenvalue weighted by atomic mass is 79.9. The van der Waals surface area contributed by atoms with Gasteiger partial charge < -0.3 is 5.73 Å². The van der Waals surface area contributed by atoms with Gasteiger partial charge in [-0.1, -0.05) is 15.9 Å². The second kappa shape index (κ2) is 4.86. The van der Waals surface area contributed by atoms with Gasteiger partial charge in [0.2, 0.25) is 0 Å². The van der Waals surface area contributed by atoms with E-state index in [1.54, 1.807) is 19.9 Å². The van der Waals surface area contributed by atoms with E-state index in [1.165, 1.54) is 12.1 Å². The Morgan fingerprint density at radius 1 is 1.37 bits per heavy atom. The van der Waals surface area contributed by atoms with Crippen LogP contribution in [-0.4, -0.2) is 18.6 Å². The zero-order valence-electron chi connectivity index (χ0n) is 10.4. The molecule has 1 heterocycles. The second-order valence-corrected chi connectivity index (χ2v) is 6.66. The van der Waals surface area contributed by atoms with Crippen molar-refractivity contribution >= 4 is 37.3 Å². The molecule has 6 nitrogen and oxygen atoms in total. The molecular weight excluding hydrogens is 332 g/mol. The Balaban J connectivity index is 2.47. The van der Waals surface area contributed by atoms with Crippen molar-refractivity contribution in [3.8, 4) is 0 Å². The largest absolute Gasteiger partial charge is 0.398 e. The van der Waals surface area contributed by atoms with Gasteiger partial charge in [0.05, 0.1) is 22.8 Å². The number of aryl methyl sites for hydroxylation is 2. The molecule has 8 heteroatoms. The molecule has 0 aliphatic carbocycles. The van der Waals surface area contributed by atoms with Crippen LogP contribution in [0, 0.1) is 13.8 Å². The molecule has 4 N–H and O–H groups in total. The predicted octanol–water partition coefficient (Wildman–Crippen LogP) is 2.17. The number of nitrogens with zero attached hydrogens (tertiary/aromatic N) is 1. The fourth-order valence-corrected chi connectivity index (χ4v) is 3.48. The molecule has 19 heavy (non-hydrogen) atoms. The lowest BCUT2D eigenvalue weighted by Crippen LogP contribution is -2.15. The number of benzene rings is 1. The van der Waals surface area contributed by atoms with Crippen LogP contribution in [0.3, 0.4) is 0 Å². The van der Waals surface area contributed by atoms with Crippen molar-refractivity contribution in [2.24, 2.45) is 0 Å². The average molecular weight is 345 g/mol. The molecule has 0 aliphatic rings. The molecule has 0 saturated carbocycles. The van der Waals surface area contributed by atoms with Crippen molar-refractivity contribution in [1.29, 1.82) is 0 Å². The Morgan fingerprint density at radius 2 is 2.05 bits per heavy atom. The third-order valence-corrected chi connectivity index (χ3v) is 4.53. The third kappa shape index (κ3) is 2.74. The third-order valence-electron chi connectivity index (χ3n) is 2.63. The minimum atomic E-state index is -3.75. The number of halogens is 1. The number of rotatable bonds is 3. The molecule has 0 saturated heterocycles. The van der Waals surface area contributed by atoms with Gasteiger partial charge in [-0.15, -0.1) is 0 Å². The van der Waals surface area contributed by atoms with Gasteiger partial charge in [-0.3, -0.25) is 9.82 Å². The Labute approximate surface area is 119 Å². The molecule has 102 valence electrons. The number of H-pyrrole nitrogens is 1. The highest BCUT2D eigenvalue weighted by molar-refractivity contribution is 9.10. The van der Waals surface area contributed by atoms with Crippen LogP contribution in [0.2, 0.25) is 0 Å². The monoisotopic (exact) mass is 344 g/mol. The van der Waals surface area contributed by atoms with E-state index in [0.29, 0.717) is 21.5 Å². The molecule has 1 aromatic heterocycles. The Kier molecular flexibility index (Phi) is 3.55. The number of hydrogen-bond acceptors (Lipinski definition) is 4. The molecule has 1 aromatic carbocycles. The van der Waals surface area contributed by atoms with Crippen molar-refractivity contribution in [3.05, 3.63) is 34.1 Å². The van der Waals surface area contributed by atoms with Gasteiger partial charge in [0.25, 0.3) is 10.0 Å². The molecule has 0 amide bonds. The highest BCUT2D eigenvalue weighted by Crippen LogP contribution is 2.26. The molecule has 2 aromatic rings. The normalized spacial score (nSPS) is 11.5. The summed E-state index contributed by atoms with van der Waals surface area (Å²) in [5.41, 5.74) is 7.58. The topological polar surface area (TPSA) is 101 Å². The molecule has 0 aliphatic heterocycles. The standard InChI is InChI=1S/C11H13BrN4O2S/c1-6-11(7(2)15-14-6)16-19(17,18)10-5-8(12)3-4-9(10)13/h3-5,16H,13H2,1-2H3,(H,14,15). The molecule has 2 rings (SSSR count). The summed E-state index contributed by atoms with van der Waals surface area (Å²) in [5, 5.41) is 6.66. The SMILES string of the molecule is Cc1n[nH]c(C)c1NS(=O)(=O)c1cc(Br)ccc1N. The Hall–Kier alpha value is -1.54. The zero-order valence-corrected chi connectivity index (χ0v) is 12.8. The molecule has 0 unspecified atom stereocenters. The van der Waals surface area contributed by atoms with Crippen LogP contribution < -0.4 is 10.5 Å². The fraction of sp³-hybridized carbons (Fsp3) is 0.182. The molecule has 0 atom stereocenters. The number of hydrogen-bond donors (Lipinski definition) is 3. The van der Waals surface area contributed by atoms with Crippen LogP contribution in [-0.2, 0) is 10.0 Å². The molecular formula is C11H13BrN4O2S. The molecule has 0 spiro atoms. The first kappa shape index (κ1) is 13.9. The summed E-state index contributed by atoms with van der Waals surface area (Å²) in [6, 6.07) is 4.68. The molecule has 0 bridgehead atoms. The van der Waals surface area contributed by atoms with E-state index in [2.05, 4.69) is 30.8 Å². The lowest BCUT2D eigenvalue weighted by Gasteiger charge is -2.10. The van der Waals surface area contributed by atoms with E-state index in [1.807, 2.05) is 0 Å². The van der Waals surface area contributed by atoms with Gasteiger partial charge >= 0.3 is 0 Å². The molecule has 0 fully saturated rings. The summed E-state index contributed by atoms with van der Waals surface area (Å²) < 4.78 is 27.8. The number of aromatic nitrogens is 2. The summed E-state index contributed by atoms with van der Waals surface area (Å²) in [5.74, 6) is 0. The van der Waals surface area contributed by atoms with Gasteiger partial charge in [-0.2, -0.15) is 5.10 Å². The smallest absolute Gasteiger partial charge is 0.264 e. The Morgan fingerprint density at radius 3 is 2.63 bits per heavy atom. The predicted molar refractivity (Wildman–Crippen MR) is 77.4 cm³/mol. The maximum absolute atomic E-state index is 12.3. The van der Waals surface area contributed by atoms with Crippen LogP contribution >= 0.6 is 15.9 Å². The highest BCUT2D eigenvalue weighted by Gasteiger charge is 2.20. The minimum Gasteiger partial charge on any atom is -0.398 e. The van der Waals surface area contributed by atoms with Crippen LogP contribution in [0.5, 0.6) is 0 Å². The summed E-state index contributed by atoms with van der Waals surface area (Å²) in [7, 11) is -3.75. The summed E-state index contributed by atoms with van der Waals surface area (Å²) in [4.78, 5) is 0.0295. The van der Waals surface area contributed by atoms with Crippen molar-refractivity contribution in [3.63, 3.8) is 0 Å². The first-order chi connectivity index (χ1) is 8.81. The number of sulfonamides is 1. The van der Waals surface area contributed by atoms with Crippen molar-refractivity contribution in [2.75, 3.05) is 10.5 Å².